The van der Waals surface area contributed by atoms with Gasteiger partial charge >= 0.3 is 0 Å². The molecule has 0 radical (unpaired) electrons. The van der Waals surface area contributed by atoms with Gasteiger partial charge in [-0.3, -0.25) is 0 Å². The number of hydrogen-bond acceptors (Lipinski definition) is 5. The fourth-order valence-electron chi connectivity index (χ4n) is 2.71. The van der Waals surface area contributed by atoms with Crippen LogP contribution in [0.5, 0.6) is 0 Å². The van der Waals surface area contributed by atoms with Gasteiger partial charge in [-0.1, -0.05) is 12.1 Å². The molecule has 0 atom stereocenters. The maximum Gasteiger partial charge on any atom is 0.188 e. The van der Waals surface area contributed by atoms with Crippen molar-refractivity contribution in [3.63, 3.8) is 0 Å². The third-order valence-electron chi connectivity index (χ3n) is 4.26. The van der Waals surface area contributed by atoms with E-state index in [2.05, 4.69) is 20.6 Å². The molecule has 0 bridgehead atoms. The number of hydrogen-bond donors (Lipinski definition) is 2. The van der Waals surface area contributed by atoms with E-state index in [0.29, 0.717) is 29.4 Å². The van der Waals surface area contributed by atoms with Crippen molar-refractivity contribution in [1.82, 2.24) is 19.8 Å². The van der Waals surface area contributed by atoms with Crippen molar-refractivity contribution in [2.75, 3.05) is 11.9 Å². The van der Waals surface area contributed by atoms with Gasteiger partial charge in [0.1, 0.15) is 11.6 Å². The van der Waals surface area contributed by atoms with E-state index in [9.17, 15) is 9.50 Å². The molecule has 2 aromatic heterocycles. The van der Waals surface area contributed by atoms with Gasteiger partial charge in [0.25, 0.3) is 0 Å². The summed E-state index contributed by atoms with van der Waals surface area (Å²) in [4.78, 5) is 0. The predicted molar refractivity (Wildman–Crippen MR) is 83.5 cm³/mol. The highest BCUT2D eigenvalue weighted by Gasteiger charge is 2.34. The predicted octanol–water partition coefficient (Wildman–Crippen LogP) is 2.26. The number of benzene rings is 1. The first kappa shape index (κ1) is 14.1. The normalized spacial score (nSPS) is 16.3. The monoisotopic (exact) mass is 313 g/mol. The van der Waals surface area contributed by atoms with Crippen LogP contribution in [0.25, 0.3) is 17.0 Å². The van der Waals surface area contributed by atoms with Crippen LogP contribution in [0.2, 0.25) is 0 Å². The van der Waals surface area contributed by atoms with Crippen LogP contribution in [0.15, 0.2) is 36.4 Å². The van der Waals surface area contributed by atoms with E-state index in [4.69, 9.17) is 0 Å². The van der Waals surface area contributed by atoms with Gasteiger partial charge in [-0.05, 0) is 43.5 Å². The van der Waals surface area contributed by atoms with Crippen molar-refractivity contribution in [2.24, 2.45) is 0 Å². The van der Waals surface area contributed by atoms with E-state index in [0.717, 1.165) is 19.3 Å². The number of nitrogens with one attached hydrogen (secondary N) is 1. The lowest BCUT2D eigenvalue weighted by atomic mass is 9.80. The lowest BCUT2D eigenvalue weighted by Crippen LogP contribution is -2.43. The maximum atomic E-state index is 14.0. The number of nitrogens with zero attached hydrogens (tertiary/aromatic N) is 4. The van der Waals surface area contributed by atoms with E-state index in [1.54, 1.807) is 30.3 Å². The molecule has 0 spiro atoms. The Morgan fingerprint density at radius 3 is 2.74 bits per heavy atom. The topological polar surface area (TPSA) is 75.3 Å². The molecule has 6 nitrogen and oxygen atoms in total. The summed E-state index contributed by atoms with van der Waals surface area (Å²) in [6.45, 7) is 0.447. The number of halogens is 1. The van der Waals surface area contributed by atoms with Crippen molar-refractivity contribution in [3.05, 3.63) is 42.2 Å². The minimum atomic E-state index is -0.641. The van der Waals surface area contributed by atoms with Gasteiger partial charge in [-0.15, -0.1) is 15.3 Å². The van der Waals surface area contributed by atoms with E-state index >= 15 is 0 Å². The third kappa shape index (κ3) is 2.53. The Morgan fingerprint density at radius 2 is 2.00 bits per heavy atom. The molecule has 3 aromatic rings. The molecule has 0 aliphatic heterocycles. The summed E-state index contributed by atoms with van der Waals surface area (Å²) >= 11 is 0. The molecule has 1 saturated carbocycles. The maximum absolute atomic E-state index is 14.0. The number of aromatic nitrogens is 4. The number of fused-ring (bicyclic) bond motifs is 1. The molecule has 0 amide bonds. The fourth-order valence-corrected chi connectivity index (χ4v) is 2.71. The van der Waals surface area contributed by atoms with Gasteiger partial charge in [0, 0.05) is 6.54 Å². The summed E-state index contributed by atoms with van der Waals surface area (Å²) in [5.74, 6) is 0.574. The van der Waals surface area contributed by atoms with Gasteiger partial charge in [0.15, 0.2) is 11.5 Å². The van der Waals surface area contributed by atoms with Crippen molar-refractivity contribution < 1.29 is 9.50 Å². The molecular weight excluding hydrogens is 297 g/mol. The number of rotatable bonds is 4. The minimum absolute atomic E-state index is 0.349. The zero-order valence-electron chi connectivity index (χ0n) is 12.4. The van der Waals surface area contributed by atoms with E-state index < -0.39 is 5.60 Å². The van der Waals surface area contributed by atoms with Gasteiger partial charge in [-0.25, -0.2) is 4.39 Å². The molecule has 1 aromatic carbocycles. The van der Waals surface area contributed by atoms with Crippen LogP contribution < -0.4 is 5.32 Å². The van der Waals surface area contributed by atoms with Crippen LogP contribution in [-0.2, 0) is 0 Å². The largest absolute Gasteiger partial charge is 0.388 e. The molecule has 1 aliphatic carbocycles. The van der Waals surface area contributed by atoms with Crippen LogP contribution in [0.4, 0.5) is 10.2 Å². The van der Waals surface area contributed by atoms with Crippen LogP contribution in [0, 0.1) is 5.82 Å². The summed E-state index contributed by atoms with van der Waals surface area (Å²) in [5.41, 5.74) is 0.247. The van der Waals surface area contributed by atoms with Crippen LogP contribution in [0.1, 0.15) is 19.3 Å². The molecule has 1 fully saturated rings. The third-order valence-corrected chi connectivity index (χ3v) is 4.26. The molecule has 23 heavy (non-hydrogen) atoms. The molecule has 4 rings (SSSR count). The highest BCUT2D eigenvalue weighted by molar-refractivity contribution is 5.60. The van der Waals surface area contributed by atoms with Crippen LogP contribution in [-0.4, -0.2) is 37.1 Å². The zero-order valence-corrected chi connectivity index (χ0v) is 12.4. The lowest BCUT2D eigenvalue weighted by Gasteiger charge is -2.36. The average molecular weight is 313 g/mol. The second-order valence-electron chi connectivity index (χ2n) is 5.92. The van der Waals surface area contributed by atoms with E-state index in [1.807, 2.05) is 0 Å². The molecule has 0 saturated heterocycles. The SMILES string of the molecule is OC1(CNc2ccc3nnc(-c4ccccc4F)n3n2)CCC1. The Morgan fingerprint density at radius 1 is 1.17 bits per heavy atom. The Kier molecular flexibility index (Phi) is 3.23. The first-order valence-electron chi connectivity index (χ1n) is 7.58. The summed E-state index contributed by atoms with van der Waals surface area (Å²) in [6, 6.07) is 9.93. The molecule has 2 heterocycles. The quantitative estimate of drug-likeness (QED) is 0.773. The molecule has 118 valence electrons. The summed E-state index contributed by atoms with van der Waals surface area (Å²) in [7, 11) is 0. The molecule has 2 N–H and O–H groups in total. The fraction of sp³-hybridized carbons (Fsp3) is 0.312. The van der Waals surface area contributed by atoms with E-state index in [1.165, 1.54) is 10.6 Å². The Hall–Kier alpha value is -2.54. The standard InChI is InChI=1S/C16H16FN5O/c17-12-5-2-1-4-11(12)15-20-19-14-7-6-13(21-22(14)15)18-10-16(23)8-3-9-16/h1-2,4-7,23H,3,8-10H2,(H,18,21). The van der Waals surface area contributed by atoms with Gasteiger partial charge in [0.05, 0.1) is 11.2 Å². The second-order valence-corrected chi connectivity index (χ2v) is 5.92. The van der Waals surface area contributed by atoms with Gasteiger partial charge in [0.2, 0.25) is 0 Å². The van der Waals surface area contributed by atoms with Crippen molar-refractivity contribution in [3.8, 4) is 11.4 Å². The van der Waals surface area contributed by atoms with Crippen molar-refractivity contribution in [2.45, 2.75) is 24.9 Å². The Bertz CT molecular complexity index is 859. The Labute approximate surface area is 132 Å². The van der Waals surface area contributed by atoms with Crippen molar-refractivity contribution >= 4 is 11.5 Å². The first-order valence-corrected chi connectivity index (χ1v) is 7.58. The molecule has 7 heteroatoms. The summed E-state index contributed by atoms with van der Waals surface area (Å²) in [5, 5.41) is 25.7. The smallest absolute Gasteiger partial charge is 0.188 e. The molecule has 1 aliphatic rings. The number of anilines is 1. The van der Waals surface area contributed by atoms with Crippen LogP contribution in [0.3, 0.4) is 0 Å². The average Bonchev–Trinajstić information content (AvgIpc) is 2.94. The highest BCUT2D eigenvalue weighted by atomic mass is 19.1. The van der Waals surface area contributed by atoms with Gasteiger partial charge < -0.3 is 10.4 Å². The molecule has 0 unspecified atom stereocenters. The second kappa shape index (κ2) is 5.27. The van der Waals surface area contributed by atoms with Crippen molar-refractivity contribution in [1.29, 1.82) is 0 Å². The van der Waals surface area contributed by atoms with E-state index in [-0.39, 0.29) is 5.82 Å². The summed E-state index contributed by atoms with van der Waals surface area (Å²) < 4.78 is 15.5. The van der Waals surface area contributed by atoms with Crippen LogP contribution >= 0.6 is 0 Å². The Balaban J connectivity index is 1.67. The number of aliphatic hydroxyl groups is 1. The zero-order chi connectivity index (χ0) is 15.9. The van der Waals surface area contributed by atoms with Gasteiger partial charge in [-0.2, -0.15) is 4.52 Å². The summed E-state index contributed by atoms with van der Waals surface area (Å²) in [6.07, 6.45) is 2.65. The highest BCUT2D eigenvalue weighted by Crippen LogP contribution is 2.31. The minimum Gasteiger partial charge on any atom is -0.388 e. The first-order chi connectivity index (χ1) is 11.1. The molecular formula is C16H16FN5O. The lowest BCUT2D eigenvalue weighted by molar-refractivity contribution is -0.0202.